The Kier molecular flexibility index (Phi) is 5.83. The van der Waals surface area contributed by atoms with Crippen LogP contribution in [0.3, 0.4) is 0 Å². The molecule has 0 radical (unpaired) electrons. The van der Waals surface area contributed by atoms with Crippen LogP contribution in [0.5, 0.6) is 0 Å². The minimum absolute atomic E-state index is 0.0561. The number of benzene rings is 1. The van der Waals surface area contributed by atoms with E-state index in [0.29, 0.717) is 6.04 Å². The smallest absolute Gasteiger partial charge is 0.159 e. The first-order valence-corrected chi connectivity index (χ1v) is 7.39. The van der Waals surface area contributed by atoms with Gasteiger partial charge in [0.05, 0.1) is 13.2 Å². The number of nitrogens with one attached hydrogen (secondary N) is 1. The molecule has 19 heavy (non-hydrogen) atoms. The summed E-state index contributed by atoms with van der Waals surface area (Å²) in [7, 11) is 0. The highest BCUT2D eigenvalue weighted by Crippen LogP contribution is 2.23. The first-order chi connectivity index (χ1) is 9.33. The molecule has 1 N–H and O–H groups in total. The molecule has 2 rings (SSSR count). The van der Waals surface area contributed by atoms with E-state index in [1.54, 1.807) is 0 Å². The van der Waals surface area contributed by atoms with Gasteiger partial charge >= 0.3 is 0 Å². The first kappa shape index (κ1) is 14.5. The minimum Gasteiger partial charge on any atom is -0.350 e. The monoisotopic (exact) mass is 263 g/mol. The molecule has 0 aromatic heterocycles. The second-order valence-corrected chi connectivity index (χ2v) is 5.01. The molecular formula is C16H25NO2. The van der Waals surface area contributed by atoms with Crippen molar-refractivity contribution in [3.05, 3.63) is 35.4 Å². The third-order valence-corrected chi connectivity index (χ3v) is 3.49. The fourth-order valence-corrected chi connectivity index (χ4v) is 2.52. The standard InChI is InChI=1S/C16H25NO2/c1-3-5-13-6-8-14(9-7-13)15(17-4-2)12-16-18-10-11-19-16/h6-9,15-17H,3-5,10-12H2,1-2H3. The molecule has 0 aliphatic carbocycles. The van der Waals surface area contributed by atoms with Crippen LogP contribution in [0, 0.1) is 0 Å². The van der Waals surface area contributed by atoms with E-state index >= 15 is 0 Å². The van der Waals surface area contributed by atoms with E-state index in [2.05, 4.69) is 43.4 Å². The van der Waals surface area contributed by atoms with E-state index < -0.39 is 0 Å². The van der Waals surface area contributed by atoms with Gasteiger partial charge in [-0.2, -0.15) is 0 Å². The Balaban J connectivity index is 2.00. The van der Waals surface area contributed by atoms with Gasteiger partial charge in [-0.05, 0) is 24.1 Å². The summed E-state index contributed by atoms with van der Waals surface area (Å²) in [6.45, 7) is 6.74. The predicted molar refractivity (Wildman–Crippen MR) is 77.2 cm³/mol. The minimum atomic E-state index is -0.0561. The second kappa shape index (κ2) is 7.63. The molecule has 0 bridgehead atoms. The molecule has 0 saturated carbocycles. The quantitative estimate of drug-likeness (QED) is 0.820. The lowest BCUT2D eigenvalue weighted by molar-refractivity contribution is -0.0529. The number of aryl methyl sites for hydroxylation is 1. The van der Waals surface area contributed by atoms with Gasteiger partial charge in [0.15, 0.2) is 6.29 Å². The molecule has 1 aromatic carbocycles. The third kappa shape index (κ3) is 4.30. The molecule has 1 heterocycles. The predicted octanol–water partition coefficient (Wildman–Crippen LogP) is 3.05. The van der Waals surface area contributed by atoms with Crippen LogP contribution in [0.15, 0.2) is 24.3 Å². The van der Waals surface area contributed by atoms with E-state index in [4.69, 9.17) is 9.47 Å². The molecule has 1 fully saturated rings. The van der Waals surface area contributed by atoms with Crippen LogP contribution in [0.1, 0.15) is 43.9 Å². The maximum Gasteiger partial charge on any atom is 0.159 e. The van der Waals surface area contributed by atoms with Gasteiger partial charge in [0.1, 0.15) is 0 Å². The van der Waals surface area contributed by atoms with Gasteiger partial charge in [-0.25, -0.2) is 0 Å². The average molecular weight is 263 g/mol. The summed E-state index contributed by atoms with van der Waals surface area (Å²) in [5.41, 5.74) is 2.73. The van der Waals surface area contributed by atoms with Gasteiger partial charge in [-0.15, -0.1) is 0 Å². The Hall–Kier alpha value is -0.900. The Bertz CT molecular complexity index is 358. The number of hydrogen-bond donors (Lipinski definition) is 1. The maximum absolute atomic E-state index is 5.55. The summed E-state index contributed by atoms with van der Waals surface area (Å²) in [5, 5.41) is 3.52. The first-order valence-electron chi connectivity index (χ1n) is 7.39. The molecular weight excluding hydrogens is 238 g/mol. The Morgan fingerprint density at radius 1 is 1.16 bits per heavy atom. The van der Waals surface area contributed by atoms with E-state index in [1.165, 1.54) is 17.5 Å². The van der Waals surface area contributed by atoms with Crippen LogP contribution in [-0.2, 0) is 15.9 Å². The van der Waals surface area contributed by atoms with Crippen molar-refractivity contribution in [3.8, 4) is 0 Å². The largest absolute Gasteiger partial charge is 0.350 e. The van der Waals surface area contributed by atoms with Crippen molar-refractivity contribution in [2.75, 3.05) is 19.8 Å². The summed E-state index contributed by atoms with van der Waals surface area (Å²) >= 11 is 0. The van der Waals surface area contributed by atoms with Crippen LogP contribution in [0.4, 0.5) is 0 Å². The molecule has 1 aliphatic heterocycles. The van der Waals surface area contributed by atoms with Crippen LogP contribution in [0.25, 0.3) is 0 Å². The van der Waals surface area contributed by atoms with Crippen molar-refractivity contribution in [2.45, 2.75) is 45.4 Å². The summed E-state index contributed by atoms with van der Waals surface area (Å²) in [5.74, 6) is 0. The molecule has 1 aromatic rings. The fraction of sp³-hybridized carbons (Fsp3) is 0.625. The molecule has 3 nitrogen and oxygen atoms in total. The van der Waals surface area contributed by atoms with Crippen LogP contribution >= 0.6 is 0 Å². The summed E-state index contributed by atoms with van der Waals surface area (Å²) in [6, 6.07) is 9.24. The van der Waals surface area contributed by atoms with Gasteiger partial charge in [-0.3, -0.25) is 0 Å². The Morgan fingerprint density at radius 2 is 1.84 bits per heavy atom. The molecule has 0 spiro atoms. The van der Waals surface area contributed by atoms with E-state index in [0.717, 1.165) is 32.6 Å². The van der Waals surface area contributed by atoms with Crippen molar-refractivity contribution in [2.24, 2.45) is 0 Å². The molecule has 1 aliphatic rings. The lowest BCUT2D eigenvalue weighted by Crippen LogP contribution is -2.25. The van der Waals surface area contributed by atoms with Crippen LogP contribution in [-0.4, -0.2) is 26.0 Å². The zero-order valence-corrected chi connectivity index (χ0v) is 12.0. The van der Waals surface area contributed by atoms with Crippen LogP contribution in [0.2, 0.25) is 0 Å². The van der Waals surface area contributed by atoms with Crippen molar-refractivity contribution < 1.29 is 9.47 Å². The number of rotatable bonds is 7. The van der Waals surface area contributed by atoms with E-state index in [9.17, 15) is 0 Å². The Labute approximate surface area is 116 Å². The highest BCUT2D eigenvalue weighted by atomic mass is 16.7. The van der Waals surface area contributed by atoms with Crippen molar-refractivity contribution in [3.63, 3.8) is 0 Å². The highest BCUT2D eigenvalue weighted by Gasteiger charge is 2.21. The fourth-order valence-electron chi connectivity index (χ4n) is 2.52. The zero-order valence-electron chi connectivity index (χ0n) is 12.0. The topological polar surface area (TPSA) is 30.5 Å². The van der Waals surface area contributed by atoms with Gasteiger partial charge in [0.2, 0.25) is 0 Å². The van der Waals surface area contributed by atoms with Crippen molar-refractivity contribution in [1.29, 1.82) is 0 Å². The van der Waals surface area contributed by atoms with E-state index in [-0.39, 0.29) is 6.29 Å². The molecule has 1 atom stereocenters. The molecule has 106 valence electrons. The normalized spacial score (nSPS) is 17.8. The van der Waals surface area contributed by atoms with Crippen LogP contribution < -0.4 is 5.32 Å². The molecule has 3 heteroatoms. The van der Waals surface area contributed by atoms with Crippen molar-refractivity contribution >= 4 is 0 Å². The molecule has 1 unspecified atom stereocenters. The Morgan fingerprint density at radius 3 is 2.42 bits per heavy atom. The zero-order chi connectivity index (χ0) is 13.5. The molecule has 0 amide bonds. The van der Waals surface area contributed by atoms with Crippen molar-refractivity contribution in [1.82, 2.24) is 5.32 Å². The van der Waals surface area contributed by atoms with Gasteiger partial charge in [0, 0.05) is 12.5 Å². The number of ether oxygens (including phenoxy) is 2. The van der Waals surface area contributed by atoms with E-state index in [1.807, 2.05) is 0 Å². The third-order valence-electron chi connectivity index (χ3n) is 3.49. The van der Waals surface area contributed by atoms with Gasteiger partial charge in [-0.1, -0.05) is 44.5 Å². The maximum atomic E-state index is 5.55. The second-order valence-electron chi connectivity index (χ2n) is 5.01. The van der Waals surface area contributed by atoms with Gasteiger partial charge < -0.3 is 14.8 Å². The number of hydrogen-bond acceptors (Lipinski definition) is 3. The SMILES string of the molecule is CCCc1ccc(C(CC2OCCO2)NCC)cc1. The van der Waals surface area contributed by atoms with Gasteiger partial charge in [0.25, 0.3) is 0 Å². The summed E-state index contributed by atoms with van der Waals surface area (Å²) in [6.07, 6.45) is 3.17. The average Bonchev–Trinajstić information content (AvgIpc) is 2.93. The lowest BCUT2D eigenvalue weighted by atomic mass is 10.0. The summed E-state index contributed by atoms with van der Waals surface area (Å²) in [4.78, 5) is 0. The lowest BCUT2D eigenvalue weighted by Gasteiger charge is -2.21. The summed E-state index contributed by atoms with van der Waals surface area (Å²) < 4.78 is 11.1. The molecule has 1 saturated heterocycles. The highest BCUT2D eigenvalue weighted by molar-refractivity contribution is 5.25.